The fourth-order valence-electron chi connectivity index (χ4n) is 3.92. The van der Waals surface area contributed by atoms with E-state index in [1.807, 2.05) is 59.2 Å². The van der Waals surface area contributed by atoms with E-state index in [0.29, 0.717) is 42.3 Å². The van der Waals surface area contributed by atoms with Crippen LogP contribution in [0.25, 0.3) is 22.5 Å². The van der Waals surface area contributed by atoms with E-state index in [1.54, 1.807) is 11.7 Å². The predicted molar refractivity (Wildman–Crippen MR) is 123 cm³/mol. The molecule has 4 aromatic heterocycles. The van der Waals surface area contributed by atoms with E-state index in [4.69, 9.17) is 4.74 Å². The maximum absolute atomic E-state index is 13.1. The highest BCUT2D eigenvalue weighted by Gasteiger charge is 2.17. The monoisotopic (exact) mass is 449 g/mol. The molecule has 4 heterocycles. The molecular formula is C22H23N7O2S. The Morgan fingerprint density at radius 3 is 2.81 bits per heavy atom. The van der Waals surface area contributed by atoms with Gasteiger partial charge in [0, 0.05) is 43.6 Å². The highest BCUT2D eigenvalue weighted by Crippen LogP contribution is 2.25. The Morgan fingerprint density at radius 2 is 1.97 bits per heavy atom. The zero-order valence-corrected chi connectivity index (χ0v) is 19.0. The van der Waals surface area contributed by atoms with Gasteiger partial charge in [-0.15, -0.1) is 10.2 Å². The van der Waals surface area contributed by atoms with Crippen molar-refractivity contribution in [2.45, 2.75) is 37.7 Å². The minimum atomic E-state index is -0.0644. The van der Waals surface area contributed by atoms with Crippen LogP contribution in [0.3, 0.4) is 0 Å². The highest BCUT2D eigenvalue weighted by molar-refractivity contribution is 7.98. The largest absolute Gasteiger partial charge is 0.385 e. The fourth-order valence-corrected chi connectivity index (χ4v) is 4.75. The second-order valence-corrected chi connectivity index (χ2v) is 8.61. The Hall–Kier alpha value is -3.24. The summed E-state index contributed by atoms with van der Waals surface area (Å²) in [5.74, 6) is 1.84. The number of para-hydroxylation sites is 1. The van der Waals surface area contributed by atoms with Gasteiger partial charge in [-0.2, -0.15) is 0 Å². The first-order valence-corrected chi connectivity index (χ1v) is 11.4. The molecular weight excluding hydrogens is 426 g/mol. The van der Waals surface area contributed by atoms with Crippen LogP contribution >= 0.6 is 11.8 Å². The van der Waals surface area contributed by atoms with Crippen molar-refractivity contribution >= 4 is 34.2 Å². The highest BCUT2D eigenvalue weighted by atomic mass is 32.2. The van der Waals surface area contributed by atoms with Gasteiger partial charge in [0.25, 0.3) is 5.56 Å². The Balaban J connectivity index is 1.55. The van der Waals surface area contributed by atoms with Gasteiger partial charge < -0.3 is 4.74 Å². The van der Waals surface area contributed by atoms with E-state index >= 15 is 0 Å². The van der Waals surface area contributed by atoms with E-state index in [-0.39, 0.29) is 5.56 Å². The number of hydrogen-bond donors (Lipinski definition) is 0. The van der Waals surface area contributed by atoms with Crippen LogP contribution in [0.5, 0.6) is 0 Å². The van der Waals surface area contributed by atoms with Gasteiger partial charge in [0.15, 0.2) is 5.16 Å². The topological polar surface area (TPSA) is 91.6 Å². The second-order valence-electron chi connectivity index (χ2n) is 7.67. The summed E-state index contributed by atoms with van der Waals surface area (Å²) in [6.45, 7) is 5.10. The molecule has 0 aliphatic heterocycles. The van der Waals surface area contributed by atoms with Crippen molar-refractivity contribution in [3.63, 3.8) is 0 Å². The second kappa shape index (κ2) is 8.36. The third-order valence-electron chi connectivity index (χ3n) is 5.37. The number of hydrogen-bond acceptors (Lipinski definition) is 7. The summed E-state index contributed by atoms with van der Waals surface area (Å²) in [4.78, 5) is 22.3. The van der Waals surface area contributed by atoms with Crippen molar-refractivity contribution in [2.24, 2.45) is 0 Å². The summed E-state index contributed by atoms with van der Waals surface area (Å²) in [7, 11) is 1.65. The van der Waals surface area contributed by atoms with Crippen molar-refractivity contribution < 1.29 is 4.74 Å². The molecule has 0 saturated heterocycles. The zero-order valence-electron chi connectivity index (χ0n) is 18.1. The first kappa shape index (κ1) is 20.7. The molecule has 0 fully saturated rings. The van der Waals surface area contributed by atoms with Gasteiger partial charge >= 0.3 is 0 Å². The number of benzene rings is 1. The lowest BCUT2D eigenvalue weighted by atomic mass is 10.2. The molecule has 164 valence electrons. The number of fused-ring (bicyclic) bond motifs is 4. The Labute approximate surface area is 188 Å². The molecule has 0 bridgehead atoms. The average Bonchev–Trinajstić information content (AvgIpc) is 3.39. The minimum absolute atomic E-state index is 0.0644. The van der Waals surface area contributed by atoms with Crippen molar-refractivity contribution in [3.8, 4) is 0 Å². The summed E-state index contributed by atoms with van der Waals surface area (Å²) < 4.78 is 10.8. The molecule has 32 heavy (non-hydrogen) atoms. The van der Waals surface area contributed by atoms with Gasteiger partial charge in [-0.25, -0.2) is 9.97 Å². The Morgan fingerprint density at radius 1 is 1.12 bits per heavy atom. The number of aryl methyl sites for hydroxylation is 3. The molecule has 0 amide bonds. The molecule has 0 radical (unpaired) electrons. The Kier molecular flexibility index (Phi) is 5.40. The predicted octanol–water partition coefficient (Wildman–Crippen LogP) is 3.03. The molecule has 0 atom stereocenters. The van der Waals surface area contributed by atoms with Gasteiger partial charge in [0.1, 0.15) is 0 Å². The van der Waals surface area contributed by atoms with E-state index in [0.717, 1.165) is 27.8 Å². The normalized spacial score (nSPS) is 11.8. The lowest BCUT2D eigenvalue weighted by Gasteiger charge is -2.11. The van der Waals surface area contributed by atoms with E-state index in [9.17, 15) is 4.79 Å². The van der Waals surface area contributed by atoms with Crippen molar-refractivity contribution in [1.82, 2.24) is 33.5 Å². The summed E-state index contributed by atoms with van der Waals surface area (Å²) in [6, 6.07) is 9.60. The lowest BCUT2D eigenvalue weighted by molar-refractivity contribution is 0.190. The Bertz CT molecular complexity index is 1500. The summed E-state index contributed by atoms with van der Waals surface area (Å²) >= 11 is 1.54. The molecule has 0 N–H and O–H groups in total. The van der Waals surface area contributed by atoms with Crippen LogP contribution in [0, 0.1) is 13.8 Å². The first-order chi connectivity index (χ1) is 15.6. The van der Waals surface area contributed by atoms with Crippen LogP contribution in [0.2, 0.25) is 0 Å². The molecule has 0 aliphatic rings. The molecule has 10 heteroatoms. The molecule has 9 nitrogen and oxygen atoms in total. The molecule has 0 aliphatic carbocycles. The van der Waals surface area contributed by atoms with Gasteiger partial charge in [-0.05, 0) is 38.5 Å². The molecule has 0 saturated carbocycles. The van der Waals surface area contributed by atoms with Crippen molar-refractivity contribution in [1.29, 1.82) is 0 Å². The smallest absolute Gasteiger partial charge is 0.262 e. The third kappa shape index (κ3) is 3.55. The van der Waals surface area contributed by atoms with Crippen LogP contribution in [0.15, 0.2) is 46.5 Å². The van der Waals surface area contributed by atoms with Gasteiger partial charge in [0.2, 0.25) is 11.6 Å². The average molecular weight is 450 g/mol. The van der Waals surface area contributed by atoms with Crippen LogP contribution in [0.4, 0.5) is 0 Å². The number of thioether (sulfide) groups is 1. The molecule has 5 aromatic rings. The number of methoxy groups -OCH3 is 1. The quantitative estimate of drug-likeness (QED) is 0.279. The number of aromatic nitrogens is 7. The van der Waals surface area contributed by atoms with E-state index in [1.165, 1.54) is 11.8 Å². The van der Waals surface area contributed by atoms with Crippen LogP contribution in [-0.4, -0.2) is 47.3 Å². The SMILES string of the molecule is COCCCn1c(=O)c2ccccc2n2c(SCc3cn4c(C)cc(C)nc4n3)nnc12. The van der Waals surface area contributed by atoms with Gasteiger partial charge in [0.05, 0.1) is 16.6 Å². The first-order valence-electron chi connectivity index (χ1n) is 10.4. The summed E-state index contributed by atoms with van der Waals surface area (Å²) in [5.41, 5.74) is 3.68. The minimum Gasteiger partial charge on any atom is -0.385 e. The number of nitrogens with zero attached hydrogens (tertiary/aromatic N) is 7. The molecule has 0 unspecified atom stereocenters. The van der Waals surface area contributed by atoms with Crippen molar-refractivity contribution in [3.05, 3.63) is 64.0 Å². The van der Waals surface area contributed by atoms with Gasteiger partial charge in [-0.1, -0.05) is 23.9 Å². The number of imidazole rings is 1. The lowest BCUT2D eigenvalue weighted by Crippen LogP contribution is -2.24. The van der Waals surface area contributed by atoms with E-state index < -0.39 is 0 Å². The van der Waals surface area contributed by atoms with Crippen molar-refractivity contribution in [2.75, 3.05) is 13.7 Å². The van der Waals surface area contributed by atoms with Crippen LogP contribution in [0.1, 0.15) is 23.5 Å². The number of rotatable bonds is 7. The maximum atomic E-state index is 13.1. The molecule has 5 rings (SSSR count). The standard InChI is InChI=1S/C22H23N7O2S/c1-14-11-15(2)28-12-16(24-20(28)23-14)13-32-22-26-25-21-27(9-6-10-31-3)19(30)17-7-4-5-8-18(17)29(21)22/h4-5,7-8,11-12H,6,9-10,13H2,1-3H3. The van der Waals surface area contributed by atoms with E-state index in [2.05, 4.69) is 20.2 Å². The number of ether oxygens (including phenoxy) is 1. The fraction of sp³-hybridized carbons (Fsp3) is 0.318. The molecule has 0 spiro atoms. The van der Waals surface area contributed by atoms with Gasteiger partial charge in [-0.3, -0.25) is 18.2 Å². The maximum Gasteiger partial charge on any atom is 0.262 e. The zero-order chi connectivity index (χ0) is 22.2. The third-order valence-corrected chi connectivity index (χ3v) is 6.33. The molecule has 1 aromatic carbocycles. The van der Waals surface area contributed by atoms with Crippen LogP contribution in [-0.2, 0) is 17.0 Å². The van der Waals surface area contributed by atoms with Crippen LogP contribution < -0.4 is 5.56 Å². The summed E-state index contributed by atoms with van der Waals surface area (Å²) in [5, 5.41) is 10.1. The summed E-state index contributed by atoms with van der Waals surface area (Å²) in [6.07, 6.45) is 2.72.